The Bertz CT molecular complexity index is 1210. The summed E-state index contributed by atoms with van der Waals surface area (Å²) in [5.41, 5.74) is 1.85. The van der Waals surface area contributed by atoms with Gasteiger partial charge in [-0.3, -0.25) is 9.59 Å². The lowest BCUT2D eigenvalue weighted by molar-refractivity contribution is 0.0792. The van der Waals surface area contributed by atoms with E-state index in [-0.39, 0.29) is 17.4 Å². The molecule has 156 valence electrons. The Morgan fingerprint density at radius 2 is 1.70 bits per heavy atom. The monoisotopic (exact) mass is 426 g/mol. The molecule has 0 atom stereocenters. The van der Waals surface area contributed by atoms with Crippen molar-refractivity contribution in [3.05, 3.63) is 65.4 Å². The molecule has 1 aromatic heterocycles. The van der Waals surface area contributed by atoms with Crippen molar-refractivity contribution >= 4 is 38.3 Å². The lowest BCUT2D eigenvalue weighted by Gasteiger charge is -2.15. The predicted molar refractivity (Wildman–Crippen MR) is 114 cm³/mol. The van der Waals surface area contributed by atoms with E-state index in [0.717, 1.165) is 32.2 Å². The summed E-state index contributed by atoms with van der Waals surface area (Å²) in [5.74, 6) is -0.879. The number of hydrogen-bond acceptors (Lipinski definition) is 5. The molecule has 4 rings (SSSR count). The summed E-state index contributed by atoms with van der Waals surface area (Å²) in [6.07, 6.45) is 3.16. The van der Waals surface area contributed by atoms with Gasteiger partial charge in [0, 0.05) is 41.5 Å². The molecule has 0 aliphatic carbocycles. The predicted octanol–water partition coefficient (Wildman–Crippen LogP) is 3.47. The van der Waals surface area contributed by atoms with Gasteiger partial charge in [0.25, 0.3) is 11.8 Å². The summed E-state index contributed by atoms with van der Waals surface area (Å²) in [6, 6.07) is 13.6. The summed E-state index contributed by atoms with van der Waals surface area (Å²) in [6.45, 7) is 1.54. The minimum absolute atomic E-state index is 0.0156. The minimum Gasteiger partial charge on any atom is -0.451 e. The molecule has 1 N–H and O–H groups in total. The Morgan fingerprint density at radius 1 is 1.03 bits per heavy atom. The first-order valence-corrected chi connectivity index (χ1v) is 11.8. The van der Waals surface area contributed by atoms with E-state index >= 15 is 0 Å². The number of anilines is 1. The number of carbonyl (C=O) groups excluding carboxylic acids is 2. The number of nitrogens with zero attached hydrogens (tertiary/aromatic N) is 1. The Labute approximate surface area is 174 Å². The van der Waals surface area contributed by atoms with Crippen LogP contribution in [0.3, 0.4) is 0 Å². The second-order valence-corrected chi connectivity index (χ2v) is 9.65. The molecule has 0 saturated carbocycles. The standard InChI is InChI=1S/C22H22N2O5S/c1-30(27,28)14-18-17-6-2-3-7-19(17)29-20(18)21(25)23-16-10-8-15(9-11-16)22(26)24-12-4-5-13-24/h2-3,6-11H,4-5,12-14H2,1H3,(H,23,25). The molecule has 1 fully saturated rings. The van der Waals surface area contributed by atoms with Crippen LogP contribution in [0.2, 0.25) is 0 Å². The van der Waals surface area contributed by atoms with Crippen molar-refractivity contribution in [1.29, 1.82) is 0 Å². The highest BCUT2D eigenvalue weighted by atomic mass is 32.2. The number of hydrogen-bond donors (Lipinski definition) is 1. The van der Waals surface area contributed by atoms with E-state index in [4.69, 9.17) is 4.42 Å². The van der Waals surface area contributed by atoms with Crippen LogP contribution in [0, 0.1) is 0 Å². The number of sulfone groups is 1. The zero-order valence-corrected chi connectivity index (χ0v) is 17.4. The molecule has 0 unspecified atom stereocenters. The maximum Gasteiger partial charge on any atom is 0.291 e. The number of nitrogens with one attached hydrogen (secondary N) is 1. The first-order chi connectivity index (χ1) is 14.3. The number of likely N-dealkylation sites (tertiary alicyclic amines) is 1. The SMILES string of the molecule is CS(=O)(=O)Cc1c(C(=O)Nc2ccc(C(=O)N3CCCC3)cc2)oc2ccccc12. The molecule has 2 amide bonds. The lowest BCUT2D eigenvalue weighted by Crippen LogP contribution is -2.27. The number of furan rings is 1. The van der Waals surface area contributed by atoms with Crippen LogP contribution in [0.25, 0.3) is 11.0 Å². The highest BCUT2D eigenvalue weighted by molar-refractivity contribution is 7.89. The maximum atomic E-state index is 12.8. The average Bonchev–Trinajstić information content (AvgIpc) is 3.36. The average molecular weight is 426 g/mol. The minimum atomic E-state index is -3.37. The summed E-state index contributed by atoms with van der Waals surface area (Å²) in [7, 11) is -3.37. The van der Waals surface area contributed by atoms with Gasteiger partial charge in [0.2, 0.25) is 0 Å². The van der Waals surface area contributed by atoms with Crippen molar-refractivity contribution < 1.29 is 22.4 Å². The van der Waals surface area contributed by atoms with Crippen LogP contribution in [0.5, 0.6) is 0 Å². The summed E-state index contributed by atoms with van der Waals surface area (Å²) < 4.78 is 29.4. The van der Waals surface area contributed by atoms with Crippen molar-refractivity contribution in [2.45, 2.75) is 18.6 Å². The summed E-state index contributed by atoms with van der Waals surface area (Å²) >= 11 is 0. The normalized spacial score (nSPS) is 14.2. The molecule has 8 heteroatoms. The van der Waals surface area contributed by atoms with Crippen LogP contribution in [0.4, 0.5) is 5.69 Å². The topological polar surface area (TPSA) is 96.7 Å². The molecule has 2 aromatic carbocycles. The molecular formula is C22H22N2O5S. The van der Waals surface area contributed by atoms with Gasteiger partial charge in [-0.1, -0.05) is 18.2 Å². The Balaban J connectivity index is 1.57. The Kier molecular flexibility index (Phi) is 5.34. The third kappa shape index (κ3) is 4.23. The van der Waals surface area contributed by atoms with Crippen LogP contribution in [-0.2, 0) is 15.6 Å². The number of amides is 2. The zero-order valence-electron chi connectivity index (χ0n) is 16.6. The molecule has 0 spiro atoms. The molecule has 0 bridgehead atoms. The fraction of sp³-hybridized carbons (Fsp3) is 0.273. The van der Waals surface area contributed by atoms with Crippen molar-refractivity contribution in [3.63, 3.8) is 0 Å². The number of fused-ring (bicyclic) bond motifs is 1. The molecule has 3 aromatic rings. The van der Waals surface area contributed by atoms with Gasteiger partial charge in [-0.2, -0.15) is 0 Å². The molecule has 2 heterocycles. The van der Waals surface area contributed by atoms with E-state index in [1.165, 1.54) is 0 Å². The molecule has 0 radical (unpaired) electrons. The fourth-order valence-electron chi connectivity index (χ4n) is 3.67. The van der Waals surface area contributed by atoms with Crippen LogP contribution >= 0.6 is 0 Å². The number of benzene rings is 2. The van der Waals surface area contributed by atoms with E-state index in [2.05, 4.69) is 5.32 Å². The zero-order chi connectivity index (χ0) is 21.3. The van der Waals surface area contributed by atoms with Gasteiger partial charge in [0.05, 0.1) is 5.75 Å². The second-order valence-electron chi connectivity index (χ2n) is 7.51. The third-order valence-corrected chi connectivity index (χ3v) is 5.91. The van der Waals surface area contributed by atoms with Gasteiger partial charge in [-0.15, -0.1) is 0 Å². The van der Waals surface area contributed by atoms with E-state index in [0.29, 0.717) is 27.8 Å². The Hall–Kier alpha value is -3.13. The van der Waals surface area contributed by atoms with Gasteiger partial charge >= 0.3 is 0 Å². The van der Waals surface area contributed by atoms with Crippen LogP contribution in [0.1, 0.15) is 39.3 Å². The fourth-order valence-corrected chi connectivity index (χ4v) is 4.49. The third-order valence-electron chi connectivity index (χ3n) is 5.09. The highest BCUT2D eigenvalue weighted by Gasteiger charge is 2.24. The molecule has 1 aliphatic heterocycles. The maximum absolute atomic E-state index is 12.8. The lowest BCUT2D eigenvalue weighted by atomic mass is 10.1. The van der Waals surface area contributed by atoms with E-state index in [1.807, 2.05) is 4.90 Å². The summed E-state index contributed by atoms with van der Waals surface area (Å²) in [5, 5.41) is 3.33. The van der Waals surface area contributed by atoms with E-state index in [9.17, 15) is 18.0 Å². The van der Waals surface area contributed by atoms with Crippen LogP contribution in [-0.4, -0.2) is 44.5 Å². The van der Waals surface area contributed by atoms with Gasteiger partial charge in [-0.25, -0.2) is 8.42 Å². The van der Waals surface area contributed by atoms with Crippen molar-refractivity contribution in [2.75, 3.05) is 24.7 Å². The van der Waals surface area contributed by atoms with Crippen LogP contribution in [0.15, 0.2) is 52.9 Å². The highest BCUT2D eigenvalue weighted by Crippen LogP contribution is 2.28. The smallest absolute Gasteiger partial charge is 0.291 e. The number of para-hydroxylation sites is 1. The quantitative estimate of drug-likeness (QED) is 0.674. The van der Waals surface area contributed by atoms with Crippen molar-refractivity contribution in [3.8, 4) is 0 Å². The molecule has 1 aliphatic rings. The van der Waals surface area contributed by atoms with Crippen LogP contribution < -0.4 is 5.32 Å². The van der Waals surface area contributed by atoms with Crippen molar-refractivity contribution in [1.82, 2.24) is 4.90 Å². The molecule has 30 heavy (non-hydrogen) atoms. The first-order valence-electron chi connectivity index (χ1n) is 9.71. The first kappa shape index (κ1) is 20.2. The van der Waals surface area contributed by atoms with E-state index < -0.39 is 15.7 Å². The van der Waals surface area contributed by atoms with Gasteiger partial charge < -0.3 is 14.6 Å². The number of rotatable bonds is 5. The summed E-state index contributed by atoms with van der Waals surface area (Å²) in [4.78, 5) is 27.1. The molecule has 7 nitrogen and oxygen atoms in total. The largest absolute Gasteiger partial charge is 0.451 e. The van der Waals surface area contributed by atoms with Crippen molar-refractivity contribution in [2.24, 2.45) is 0 Å². The van der Waals surface area contributed by atoms with Gasteiger partial charge in [-0.05, 0) is 43.2 Å². The van der Waals surface area contributed by atoms with E-state index in [1.54, 1.807) is 48.5 Å². The molecule has 1 saturated heterocycles. The van der Waals surface area contributed by atoms with Gasteiger partial charge in [0.15, 0.2) is 15.6 Å². The number of carbonyl (C=O) groups is 2. The second kappa shape index (κ2) is 7.95. The molecular weight excluding hydrogens is 404 g/mol. The Morgan fingerprint density at radius 3 is 2.37 bits per heavy atom. The van der Waals surface area contributed by atoms with Gasteiger partial charge in [0.1, 0.15) is 5.58 Å².